The molecule has 16 heavy (non-hydrogen) atoms. The molecule has 0 bridgehead atoms. The minimum Gasteiger partial charge on any atom is -0.481 e. The normalized spacial score (nSPS) is 8.94. The van der Waals surface area contributed by atoms with Crippen LogP contribution in [0.15, 0.2) is 30.3 Å². The van der Waals surface area contributed by atoms with E-state index >= 15 is 0 Å². The Labute approximate surface area is 94.9 Å². The van der Waals surface area contributed by atoms with Crippen LogP contribution in [0.2, 0.25) is 0 Å². The summed E-state index contributed by atoms with van der Waals surface area (Å²) in [5.41, 5.74) is 1.01. The van der Waals surface area contributed by atoms with Gasteiger partial charge in [-0.3, -0.25) is 9.59 Å². The van der Waals surface area contributed by atoms with Gasteiger partial charge in [-0.05, 0) is 5.56 Å². The van der Waals surface area contributed by atoms with Crippen LogP contribution in [0.3, 0.4) is 0 Å². The predicted octanol–water partition coefficient (Wildman–Crippen LogP) is 2.09. The van der Waals surface area contributed by atoms with E-state index in [0.717, 1.165) is 5.56 Å². The van der Waals surface area contributed by atoms with Crippen LogP contribution >= 0.6 is 0 Å². The van der Waals surface area contributed by atoms with Crippen LogP contribution < -0.4 is 0 Å². The highest BCUT2D eigenvalue weighted by molar-refractivity contribution is 5.68. The van der Waals surface area contributed by atoms with Gasteiger partial charge < -0.3 is 9.84 Å². The molecule has 4 nitrogen and oxygen atoms in total. The first-order valence-corrected chi connectivity index (χ1v) is 4.90. The van der Waals surface area contributed by atoms with Crippen molar-refractivity contribution in [2.75, 3.05) is 0 Å². The number of benzene rings is 1. The molecule has 0 fully saturated rings. The maximum Gasteiger partial charge on any atom is 0.305 e. The van der Waals surface area contributed by atoms with Gasteiger partial charge in [-0.15, -0.1) is 0 Å². The molecule has 0 spiro atoms. The Morgan fingerprint density at radius 2 is 1.88 bits per heavy atom. The number of hydrogen-bond donors (Lipinski definition) is 1. The first-order valence-electron chi connectivity index (χ1n) is 4.90. The second kappa shape index (κ2) is 8.47. The van der Waals surface area contributed by atoms with Crippen molar-refractivity contribution in [1.29, 1.82) is 0 Å². The summed E-state index contributed by atoms with van der Waals surface area (Å²) in [6.45, 7) is 4.10. The molecular weight excluding hydrogens is 208 g/mol. The Kier molecular flexibility index (Phi) is 7.49. The number of aliphatic carboxylic acids is 1. The third-order valence-electron chi connectivity index (χ3n) is 1.65. The first-order chi connectivity index (χ1) is 7.57. The average molecular weight is 224 g/mol. The standard InChI is InChI=1S/C8H8O2.C4H8O2/c9-7-10-6-8-4-2-1-3-5-8;1-3(2)4(5)6/h1-5,7H,6H2;3H,1-2H3,(H,5,6). The van der Waals surface area contributed by atoms with E-state index in [1.54, 1.807) is 13.8 Å². The monoisotopic (exact) mass is 224 g/mol. The molecule has 4 heteroatoms. The largest absolute Gasteiger partial charge is 0.481 e. The van der Waals surface area contributed by atoms with E-state index in [2.05, 4.69) is 4.74 Å². The summed E-state index contributed by atoms with van der Waals surface area (Å²) in [7, 11) is 0. The minimum atomic E-state index is -0.741. The van der Waals surface area contributed by atoms with Gasteiger partial charge in [0.1, 0.15) is 6.61 Å². The molecule has 0 aliphatic rings. The molecule has 0 unspecified atom stereocenters. The van der Waals surface area contributed by atoms with E-state index in [0.29, 0.717) is 13.1 Å². The molecule has 0 atom stereocenters. The maximum atomic E-state index is 9.76. The lowest BCUT2D eigenvalue weighted by molar-refractivity contribution is -0.140. The maximum absolute atomic E-state index is 9.76. The summed E-state index contributed by atoms with van der Waals surface area (Å²) >= 11 is 0. The molecule has 0 radical (unpaired) electrons. The second-order valence-electron chi connectivity index (χ2n) is 3.39. The number of rotatable bonds is 4. The van der Waals surface area contributed by atoms with Gasteiger partial charge in [-0.1, -0.05) is 44.2 Å². The highest BCUT2D eigenvalue weighted by Gasteiger charge is 1.99. The Balaban J connectivity index is 0.000000325. The Bertz CT molecular complexity index is 306. The molecule has 0 aliphatic carbocycles. The zero-order chi connectivity index (χ0) is 12.4. The van der Waals surface area contributed by atoms with Crippen LogP contribution in [0, 0.1) is 5.92 Å². The summed E-state index contributed by atoms with van der Waals surface area (Å²) in [6, 6.07) is 9.55. The molecule has 0 amide bonds. The van der Waals surface area contributed by atoms with E-state index in [9.17, 15) is 9.59 Å². The molecule has 0 aliphatic heterocycles. The van der Waals surface area contributed by atoms with Crippen molar-refractivity contribution in [3.8, 4) is 0 Å². The quantitative estimate of drug-likeness (QED) is 0.795. The number of carboxylic acids is 1. The van der Waals surface area contributed by atoms with Crippen LogP contribution in [0.4, 0.5) is 0 Å². The van der Waals surface area contributed by atoms with Crippen molar-refractivity contribution in [3.05, 3.63) is 35.9 Å². The number of ether oxygens (including phenoxy) is 1. The molecular formula is C12H16O4. The van der Waals surface area contributed by atoms with Crippen LogP contribution in [-0.2, 0) is 20.9 Å². The van der Waals surface area contributed by atoms with Gasteiger partial charge in [-0.25, -0.2) is 0 Å². The van der Waals surface area contributed by atoms with Gasteiger partial charge in [0, 0.05) is 0 Å². The van der Waals surface area contributed by atoms with Gasteiger partial charge in [-0.2, -0.15) is 0 Å². The van der Waals surface area contributed by atoms with E-state index in [-0.39, 0.29) is 5.92 Å². The average Bonchev–Trinajstić information content (AvgIpc) is 2.28. The Morgan fingerprint density at radius 3 is 2.25 bits per heavy atom. The van der Waals surface area contributed by atoms with Crippen molar-refractivity contribution in [1.82, 2.24) is 0 Å². The first kappa shape index (κ1) is 14.2. The lowest BCUT2D eigenvalue weighted by atomic mass is 10.2. The van der Waals surface area contributed by atoms with Crippen molar-refractivity contribution in [2.24, 2.45) is 5.92 Å². The lowest BCUT2D eigenvalue weighted by Gasteiger charge is -1.95. The minimum absolute atomic E-state index is 0.231. The molecule has 0 saturated carbocycles. The molecule has 0 saturated heterocycles. The van der Waals surface area contributed by atoms with Crippen LogP contribution in [0.25, 0.3) is 0 Å². The van der Waals surface area contributed by atoms with Crippen LogP contribution in [0.1, 0.15) is 19.4 Å². The SMILES string of the molecule is CC(C)C(=O)O.O=COCc1ccccc1. The van der Waals surface area contributed by atoms with Crippen LogP contribution in [-0.4, -0.2) is 17.5 Å². The van der Waals surface area contributed by atoms with Crippen LogP contribution in [0.5, 0.6) is 0 Å². The molecule has 88 valence electrons. The van der Waals surface area contributed by atoms with Gasteiger partial charge in [0.25, 0.3) is 6.47 Å². The summed E-state index contributed by atoms with van der Waals surface area (Å²) in [5, 5.41) is 7.99. The third-order valence-corrected chi connectivity index (χ3v) is 1.65. The highest BCUT2D eigenvalue weighted by atomic mass is 16.5. The molecule has 1 aromatic rings. The van der Waals surface area contributed by atoms with Crippen molar-refractivity contribution in [3.63, 3.8) is 0 Å². The number of carbonyl (C=O) groups excluding carboxylic acids is 1. The van der Waals surface area contributed by atoms with Crippen molar-refractivity contribution in [2.45, 2.75) is 20.5 Å². The molecule has 0 aromatic heterocycles. The smallest absolute Gasteiger partial charge is 0.305 e. The molecule has 0 heterocycles. The van der Waals surface area contributed by atoms with E-state index in [1.165, 1.54) is 0 Å². The fraction of sp³-hybridized carbons (Fsp3) is 0.333. The topological polar surface area (TPSA) is 63.6 Å². The van der Waals surface area contributed by atoms with E-state index < -0.39 is 5.97 Å². The number of carbonyl (C=O) groups is 2. The number of carboxylic acid groups (broad SMARTS) is 1. The lowest BCUT2D eigenvalue weighted by Crippen LogP contribution is -2.03. The van der Waals surface area contributed by atoms with E-state index in [1.807, 2.05) is 30.3 Å². The Morgan fingerprint density at radius 1 is 1.38 bits per heavy atom. The summed E-state index contributed by atoms with van der Waals surface area (Å²) in [4.78, 5) is 19.5. The molecule has 1 rings (SSSR count). The number of hydrogen-bond acceptors (Lipinski definition) is 3. The fourth-order valence-electron chi connectivity index (χ4n) is 0.704. The van der Waals surface area contributed by atoms with Crippen molar-refractivity contribution >= 4 is 12.4 Å². The summed E-state index contributed by atoms with van der Waals surface area (Å²) in [5.74, 6) is -0.972. The second-order valence-corrected chi connectivity index (χ2v) is 3.39. The summed E-state index contributed by atoms with van der Waals surface area (Å²) in [6.07, 6.45) is 0. The van der Waals surface area contributed by atoms with Gasteiger partial charge in [0.15, 0.2) is 0 Å². The van der Waals surface area contributed by atoms with Gasteiger partial charge in [0.2, 0.25) is 0 Å². The fourth-order valence-corrected chi connectivity index (χ4v) is 0.704. The highest BCUT2D eigenvalue weighted by Crippen LogP contribution is 1.98. The predicted molar refractivity (Wildman–Crippen MR) is 59.8 cm³/mol. The van der Waals surface area contributed by atoms with E-state index in [4.69, 9.17) is 5.11 Å². The summed E-state index contributed by atoms with van der Waals surface area (Å²) < 4.78 is 4.54. The molecule has 1 N–H and O–H groups in total. The third kappa shape index (κ3) is 7.55. The zero-order valence-electron chi connectivity index (χ0n) is 9.42. The van der Waals surface area contributed by atoms with Gasteiger partial charge in [0.05, 0.1) is 5.92 Å². The van der Waals surface area contributed by atoms with Crippen molar-refractivity contribution < 1.29 is 19.4 Å². The molecule has 1 aromatic carbocycles. The Hall–Kier alpha value is -1.84. The zero-order valence-corrected chi connectivity index (χ0v) is 9.42. The van der Waals surface area contributed by atoms with Gasteiger partial charge >= 0.3 is 5.97 Å².